The summed E-state index contributed by atoms with van der Waals surface area (Å²) in [5.74, 6) is -1.19. The molecule has 4 nitrogen and oxygen atoms in total. The standard InChI is InChI=1S/C11H13F3N2O2/c1-6(2)9(10(17)18)16-8-4-3-7(5-15-8)11(12,13)14/h3-6,9H,1-2H3,(H,15,16)(H,17,18). The summed E-state index contributed by atoms with van der Waals surface area (Å²) in [6, 6.07) is 1.07. The molecule has 1 unspecified atom stereocenters. The van der Waals surface area contributed by atoms with Crippen molar-refractivity contribution < 1.29 is 23.1 Å². The summed E-state index contributed by atoms with van der Waals surface area (Å²) in [5.41, 5.74) is -0.871. The minimum Gasteiger partial charge on any atom is -0.480 e. The minimum atomic E-state index is -4.45. The number of rotatable bonds is 4. The van der Waals surface area contributed by atoms with Crippen molar-refractivity contribution >= 4 is 11.8 Å². The van der Waals surface area contributed by atoms with Crippen LogP contribution in [0.5, 0.6) is 0 Å². The van der Waals surface area contributed by atoms with Crippen LogP contribution in [0.2, 0.25) is 0 Å². The van der Waals surface area contributed by atoms with E-state index in [1.165, 1.54) is 0 Å². The molecule has 1 aromatic heterocycles. The van der Waals surface area contributed by atoms with E-state index in [9.17, 15) is 18.0 Å². The van der Waals surface area contributed by atoms with Crippen molar-refractivity contribution in [3.63, 3.8) is 0 Å². The highest BCUT2D eigenvalue weighted by Gasteiger charge is 2.31. The molecule has 0 aliphatic carbocycles. The highest BCUT2D eigenvalue weighted by Crippen LogP contribution is 2.29. The third-order valence-electron chi connectivity index (χ3n) is 2.33. The molecule has 0 aliphatic rings. The van der Waals surface area contributed by atoms with Crippen LogP contribution in [0.25, 0.3) is 0 Å². The lowest BCUT2D eigenvalue weighted by Gasteiger charge is -2.18. The molecule has 0 spiro atoms. The van der Waals surface area contributed by atoms with Crippen molar-refractivity contribution in [2.24, 2.45) is 5.92 Å². The lowest BCUT2D eigenvalue weighted by atomic mass is 10.1. The number of anilines is 1. The molecule has 0 aromatic carbocycles. The normalized spacial score (nSPS) is 13.4. The summed E-state index contributed by atoms with van der Waals surface area (Å²) >= 11 is 0. The number of carbonyl (C=O) groups is 1. The van der Waals surface area contributed by atoms with E-state index in [0.717, 1.165) is 12.1 Å². The first kappa shape index (κ1) is 14.3. The molecule has 1 aromatic rings. The van der Waals surface area contributed by atoms with Gasteiger partial charge in [0.2, 0.25) is 0 Å². The first-order valence-corrected chi connectivity index (χ1v) is 5.24. The second-order valence-corrected chi connectivity index (χ2v) is 4.13. The number of alkyl halides is 3. The van der Waals surface area contributed by atoms with Gasteiger partial charge in [-0.15, -0.1) is 0 Å². The van der Waals surface area contributed by atoms with Crippen molar-refractivity contribution in [1.82, 2.24) is 4.98 Å². The maximum Gasteiger partial charge on any atom is 0.417 e. The van der Waals surface area contributed by atoms with Gasteiger partial charge in [-0.25, -0.2) is 9.78 Å². The molecule has 0 saturated carbocycles. The van der Waals surface area contributed by atoms with Gasteiger partial charge in [0, 0.05) is 6.20 Å². The molecule has 7 heteroatoms. The molecular formula is C11H13F3N2O2. The van der Waals surface area contributed by atoms with Gasteiger partial charge in [0.25, 0.3) is 0 Å². The van der Waals surface area contributed by atoms with Gasteiger partial charge in [-0.2, -0.15) is 13.2 Å². The van der Waals surface area contributed by atoms with Crippen LogP contribution in [0.3, 0.4) is 0 Å². The van der Waals surface area contributed by atoms with Crippen LogP contribution in [-0.2, 0) is 11.0 Å². The van der Waals surface area contributed by atoms with Crippen LogP contribution >= 0.6 is 0 Å². The van der Waals surface area contributed by atoms with Crippen molar-refractivity contribution in [1.29, 1.82) is 0 Å². The van der Waals surface area contributed by atoms with Crippen LogP contribution in [0.1, 0.15) is 19.4 Å². The maximum absolute atomic E-state index is 12.3. The Hall–Kier alpha value is -1.79. The fraction of sp³-hybridized carbons (Fsp3) is 0.455. The summed E-state index contributed by atoms with van der Waals surface area (Å²) in [4.78, 5) is 14.5. The minimum absolute atomic E-state index is 0.101. The van der Waals surface area contributed by atoms with Gasteiger partial charge >= 0.3 is 12.1 Å². The molecule has 1 rings (SSSR count). The van der Waals surface area contributed by atoms with Crippen molar-refractivity contribution in [3.8, 4) is 0 Å². The van der Waals surface area contributed by atoms with Crippen LogP contribution in [0.15, 0.2) is 18.3 Å². The zero-order valence-electron chi connectivity index (χ0n) is 9.82. The Kier molecular flexibility index (Phi) is 4.15. The zero-order chi connectivity index (χ0) is 13.9. The third kappa shape index (κ3) is 3.61. The summed E-state index contributed by atoms with van der Waals surface area (Å²) < 4.78 is 36.9. The Morgan fingerprint density at radius 3 is 2.33 bits per heavy atom. The monoisotopic (exact) mass is 262 g/mol. The third-order valence-corrected chi connectivity index (χ3v) is 2.33. The topological polar surface area (TPSA) is 62.2 Å². The Bertz CT molecular complexity index is 415. The fourth-order valence-corrected chi connectivity index (χ4v) is 1.32. The van der Waals surface area contributed by atoms with Gasteiger partial charge in [0.15, 0.2) is 0 Å². The number of pyridine rings is 1. The lowest BCUT2D eigenvalue weighted by molar-refractivity contribution is -0.139. The van der Waals surface area contributed by atoms with Gasteiger partial charge < -0.3 is 10.4 Å². The van der Waals surface area contributed by atoms with Crippen molar-refractivity contribution in [3.05, 3.63) is 23.9 Å². The van der Waals surface area contributed by atoms with E-state index >= 15 is 0 Å². The Morgan fingerprint density at radius 2 is 2.00 bits per heavy atom. The second kappa shape index (κ2) is 5.24. The molecule has 1 atom stereocenters. The Morgan fingerprint density at radius 1 is 1.39 bits per heavy atom. The van der Waals surface area contributed by atoms with Crippen molar-refractivity contribution in [2.75, 3.05) is 5.32 Å². The lowest BCUT2D eigenvalue weighted by Crippen LogP contribution is -2.34. The zero-order valence-corrected chi connectivity index (χ0v) is 9.82. The molecule has 0 aliphatic heterocycles. The number of carboxylic acid groups (broad SMARTS) is 1. The molecule has 0 radical (unpaired) electrons. The molecule has 0 fully saturated rings. The van der Waals surface area contributed by atoms with E-state index in [1.807, 2.05) is 0 Å². The van der Waals surface area contributed by atoms with E-state index in [0.29, 0.717) is 6.20 Å². The highest BCUT2D eigenvalue weighted by molar-refractivity contribution is 5.77. The molecule has 1 heterocycles. The van der Waals surface area contributed by atoms with Gasteiger partial charge in [-0.3, -0.25) is 0 Å². The van der Waals surface area contributed by atoms with Gasteiger partial charge in [-0.05, 0) is 18.1 Å². The van der Waals surface area contributed by atoms with E-state index in [2.05, 4.69) is 10.3 Å². The SMILES string of the molecule is CC(C)C(Nc1ccc(C(F)(F)F)cn1)C(=O)O. The summed E-state index contributed by atoms with van der Waals surface area (Å²) in [5, 5.41) is 11.5. The summed E-state index contributed by atoms with van der Waals surface area (Å²) in [7, 11) is 0. The van der Waals surface area contributed by atoms with E-state index < -0.39 is 23.8 Å². The van der Waals surface area contributed by atoms with E-state index in [1.54, 1.807) is 13.8 Å². The fourth-order valence-electron chi connectivity index (χ4n) is 1.32. The van der Waals surface area contributed by atoms with Gasteiger partial charge in [0.05, 0.1) is 5.56 Å². The summed E-state index contributed by atoms with van der Waals surface area (Å²) in [6.07, 6.45) is -3.78. The van der Waals surface area contributed by atoms with Crippen LogP contribution in [0, 0.1) is 5.92 Å². The average Bonchev–Trinajstić information content (AvgIpc) is 2.24. The number of nitrogens with one attached hydrogen (secondary N) is 1. The van der Waals surface area contributed by atoms with Gasteiger partial charge in [-0.1, -0.05) is 13.8 Å². The predicted octanol–water partition coefficient (Wildman–Crippen LogP) is 2.62. The van der Waals surface area contributed by atoms with Gasteiger partial charge in [0.1, 0.15) is 11.9 Å². The number of nitrogens with zero attached hydrogens (tertiary/aromatic N) is 1. The molecule has 18 heavy (non-hydrogen) atoms. The van der Waals surface area contributed by atoms with Crippen LogP contribution in [0.4, 0.5) is 19.0 Å². The predicted molar refractivity (Wildman–Crippen MR) is 59.1 cm³/mol. The highest BCUT2D eigenvalue weighted by atomic mass is 19.4. The van der Waals surface area contributed by atoms with E-state index in [4.69, 9.17) is 5.11 Å². The number of hydrogen-bond acceptors (Lipinski definition) is 3. The molecule has 0 saturated heterocycles. The number of aromatic nitrogens is 1. The smallest absolute Gasteiger partial charge is 0.417 e. The van der Waals surface area contributed by atoms with Crippen LogP contribution in [-0.4, -0.2) is 22.1 Å². The molecule has 0 bridgehead atoms. The van der Waals surface area contributed by atoms with Crippen molar-refractivity contribution in [2.45, 2.75) is 26.1 Å². The first-order chi connectivity index (χ1) is 8.21. The first-order valence-electron chi connectivity index (χ1n) is 5.24. The van der Waals surface area contributed by atoms with E-state index in [-0.39, 0.29) is 11.7 Å². The number of carboxylic acids is 1. The molecule has 0 amide bonds. The quantitative estimate of drug-likeness (QED) is 0.875. The number of halogens is 3. The number of aliphatic carboxylic acids is 1. The largest absolute Gasteiger partial charge is 0.480 e. The van der Waals surface area contributed by atoms with Crippen LogP contribution < -0.4 is 5.32 Å². The summed E-state index contributed by atoms with van der Waals surface area (Å²) in [6.45, 7) is 3.38. The average molecular weight is 262 g/mol. The molecule has 2 N–H and O–H groups in total. The number of hydrogen-bond donors (Lipinski definition) is 2. The Balaban J connectivity index is 2.83. The molecule has 100 valence electrons. The second-order valence-electron chi connectivity index (χ2n) is 4.13. The molecular weight excluding hydrogens is 249 g/mol. The maximum atomic E-state index is 12.3. The Labute approximate surface area is 102 Å².